The van der Waals surface area contributed by atoms with Crippen LogP contribution < -0.4 is 0 Å². The van der Waals surface area contributed by atoms with Gasteiger partial charge in [0.2, 0.25) is 0 Å². The van der Waals surface area contributed by atoms with Crippen LogP contribution in [0.2, 0.25) is 0 Å². The number of Topliss-reactive ketones (excluding diaryl/α,β-unsaturated/α-hetero) is 2. The van der Waals surface area contributed by atoms with Crippen LogP contribution >= 0.6 is 0 Å². The molecule has 16 heavy (non-hydrogen) atoms. The number of ether oxygens (including phenoxy) is 1. The van der Waals surface area contributed by atoms with Crippen LogP contribution in [0.3, 0.4) is 0 Å². The van der Waals surface area contributed by atoms with E-state index in [1.165, 1.54) is 6.92 Å². The lowest BCUT2D eigenvalue weighted by molar-refractivity contribution is -0.145. The molecule has 4 nitrogen and oxygen atoms in total. The highest BCUT2D eigenvalue weighted by atomic mass is 16.5. The molecule has 0 aromatic carbocycles. The Morgan fingerprint density at radius 2 is 2.12 bits per heavy atom. The summed E-state index contributed by atoms with van der Waals surface area (Å²) in [5, 5.41) is 0. The van der Waals surface area contributed by atoms with Crippen molar-refractivity contribution < 1.29 is 19.1 Å². The van der Waals surface area contributed by atoms with Crippen LogP contribution in [-0.4, -0.2) is 24.1 Å². The number of rotatable bonds is 5. The second-order valence-electron chi connectivity index (χ2n) is 4.22. The molecule has 0 saturated heterocycles. The van der Waals surface area contributed by atoms with Gasteiger partial charge in [0.15, 0.2) is 0 Å². The van der Waals surface area contributed by atoms with Gasteiger partial charge in [-0.15, -0.1) is 0 Å². The molecule has 1 aliphatic carbocycles. The van der Waals surface area contributed by atoms with Gasteiger partial charge >= 0.3 is 5.97 Å². The molecule has 1 rings (SSSR count). The Morgan fingerprint density at radius 3 is 2.56 bits per heavy atom. The van der Waals surface area contributed by atoms with Crippen LogP contribution in [0.4, 0.5) is 0 Å². The van der Waals surface area contributed by atoms with Crippen molar-refractivity contribution in [3.63, 3.8) is 0 Å². The van der Waals surface area contributed by atoms with Crippen LogP contribution in [0.15, 0.2) is 0 Å². The molecule has 1 fully saturated rings. The maximum Gasteiger partial charge on any atom is 0.305 e. The summed E-state index contributed by atoms with van der Waals surface area (Å²) in [7, 11) is 0. The van der Waals surface area contributed by atoms with Crippen molar-refractivity contribution in [3.05, 3.63) is 0 Å². The van der Waals surface area contributed by atoms with Gasteiger partial charge in [-0.2, -0.15) is 0 Å². The first-order valence-electron chi connectivity index (χ1n) is 5.73. The molecule has 0 radical (unpaired) electrons. The van der Waals surface area contributed by atoms with Crippen molar-refractivity contribution in [1.29, 1.82) is 0 Å². The minimum Gasteiger partial charge on any atom is -0.466 e. The molecule has 90 valence electrons. The number of ketones is 2. The Labute approximate surface area is 95.3 Å². The second-order valence-corrected chi connectivity index (χ2v) is 4.22. The summed E-state index contributed by atoms with van der Waals surface area (Å²) in [5.41, 5.74) is -0.896. The van der Waals surface area contributed by atoms with Crippen LogP contribution in [0.1, 0.15) is 46.0 Å². The molecule has 0 spiro atoms. The van der Waals surface area contributed by atoms with E-state index in [1.807, 2.05) is 0 Å². The summed E-state index contributed by atoms with van der Waals surface area (Å²) in [4.78, 5) is 34.5. The average molecular weight is 226 g/mol. The van der Waals surface area contributed by atoms with E-state index in [9.17, 15) is 14.4 Å². The maximum absolute atomic E-state index is 11.7. The Kier molecular flexibility index (Phi) is 4.21. The lowest BCUT2D eigenvalue weighted by Crippen LogP contribution is -2.34. The smallest absolute Gasteiger partial charge is 0.305 e. The van der Waals surface area contributed by atoms with Gasteiger partial charge in [0.25, 0.3) is 0 Å². The van der Waals surface area contributed by atoms with Gasteiger partial charge in [-0.3, -0.25) is 14.4 Å². The molecular formula is C12H18O4. The Morgan fingerprint density at radius 1 is 1.44 bits per heavy atom. The number of hydrogen-bond acceptors (Lipinski definition) is 4. The first kappa shape index (κ1) is 12.9. The van der Waals surface area contributed by atoms with Gasteiger partial charge in [0, 0.05) is 12.8 Å². The van der Waals surface area contributed by atoms with E-state index in [4.69, 9.17) is 4.74 Å². The molecule has 0 bridgehead atoms. The van der Waals surface area contributed by atoms with Gasteiger partial charge in [0.1, 0.15) is 11.6 Å². The third kappa shape index (κ3) is 2.49. The minimum absolute atomic E-state index is 0.00991. The SMILES string of the molecule is CCOC(=O)CCC1(C(C)=O)CCCC1=O. The van der Waals surface area contributed by atoms with Crippen LogP contribution in [-0.2, 0) is 19.1 Å². The van der Waals surface area contributed by atoms with Gasteiger partial charge in [-0.05, 0) is 33.1 Å². The third-order valence-electron chi connectivity index (χ3n) is 3.28. The molecule has 0 aliphatic heterocycles. The largest absolute Gasteiger partial charge is 0.466 e. The van der Waals surface area contributed by atoms with E-state index in [0.29, 0.717) is 25.9 Å². The summed E-state index contributed by atoms with van der Waals surface area (Å²) in [6.07, 6.45) is 2.25. The van der Waals surface area contributed by atoms with Crippen molar-refractivity contribution >= 4 is 17.5 Å². The molecule has 4 heteroatoms. The first-order valence-corrected chi connectivity index (χ1v) is 5.73. The lowest BCUT2D eigenvalue weighted by Gasteiger charge is -2.23. The van der Waals surface area contributed by atoms with Crippen LogP contribution in [0.5, 0.6) is 0 Å². The summed E-state index contributed by atoms with van der Waals surface area (Å²) in [6.45, 7) is 3.51. The lowest BCUT2D eigenvalue weighted by atomic mass is 9.77. The fourth-order valence-electron chi connectivity index (χ4n) is 2.29. The van der Waals surface area contributed by atoms with Crippen molar-refractivity contribution in [2.75, 3.05) is 6.61 Å². The van der Waals surface area contributed by atoms with Crippen LogP contribution in [0, 0.1) is 5.41 Å². The molecule has 1 atom stereocenters. The fourth-order valence-corrected chi connectivity index (χ4v) is 2.29. The van der Waals surface area contributed by atoms with Gasteiger partial charge < -0.3 is 4.74 Å². The second kappa shape index (κ2) is 5.23. The molecule has 0 aromatic heterocycles. The molecule has 0 amide bonds. The topological polar surface area (TPSA) is 60.4 Å². The summed E-state index contributed by atoms with van der Waals surface area (Å²) in [5.74, 6) is -0.452. The van der Waals surface area contributed by atoms with Gasteiger partial charge in [-0.1, -0.05) is 0 Å². The highest BCUT2D eigenvalue weighted by Crippen LogP contribution is 2.39. The summed E-state index contributed by atoms with van der Waals surface area (Å²) >= 11 is 0. The number of carbonyl (C=O) groups excluding carboxylic acids is 3. The number of carbonyl (C=O) groups is 3. The molecule has 0 aromatic rings. The summed E-state index contributed by atoms with van der Waals surface area (Å²) < 4.78 is 4.80. The third-order valence-corrected chi connectivity index (χ3v) is 3.28. The monoisotopic (exact) mass is 226 g/mol. The molecule has 0 N–H and O–H groups in total. The zero-order valence-electron chi connectivity index (χ0n) is 9.88. The fraction of sp³-hybridized carbons (Fsp3) is 0.750. The molecule has 0 heterocycles. The highest BCUT2D eigenvalue weighted by Gasteiger charge is 2.45. The normalized spacial score (nSPS) is 24.5. The van der Waals surface area contributed by atoms with E-state index in [2.05, 4.69) is 0 Å². The van der Waals surface area contributed by atoms with E-state index >= 15 is 0 Å². The van der Waals surface area contributed by atoms with Crippen molar-refractivity contribution in [3.8, 4) is 0 Å². The zero-order chi connectivity index (χ0) is 12.2. The maximum atomic E-state index is 11.7. The molecule has 1 unspecified atom stereocenters. The van der Waals surface area contributed by atoms with E-state index < -0.39 is 5.41 Å². The Bertz CT molecular complexity index is 308. The molecular weight excluding hydrogens is 208 g/mol. The molecule has 1 aliphatic rings. The van der Waals surface area contributed by atoms with E-state index in [1.54, 1.807) is 6.92 Å². The first-order chi connectivity index (χ1) is 7.53. The number of hydrogen-bond donors (Lipinski definition) is 0. The van der Waals surface area contributed by atoms with Crippen molar-refractivity contribution in [2.45, 2.75) is 46.0 Å². The van der Waals surface area contributed by atoms with Crippen molar-refractivity contribution in [2.24, 2.45) is 5.41 Å². The van der Waals surface area contributed by atoms with E-state index in [-0.39, 0.29) is 24.0 Å². The Hall–Kier alpha value is -1.19. The predicted octanol–water partition coefficient (Wildman–Crippen LogP) is 1.66. The standard InChI is InChI=1S/C12H18O4/c1-3-16-11(15)6-8-12(9(2)13)7-4-5-10(12)14/h3-8H2,1-2H3. The quantitative estimate of drug-likeness (QED) is 0.528. The Balaban J connectivity index is 2.63. The predicted molar refractivity (Wildman–Crippen MR) is 57.8 cm³/mol. The minimum atomic E-state index is -0.896. The van der Waals surface area contributed by atoms with Gasteiger partial charge in [0.05, 0.1) is 12.0 Å². The van der Waals surface area contributed by atoms with Gasteiger partial charge in [-0.25, -0.2) is 0 Å². The summed E-state index contributed by atoms with van der Waals surface area (Å²) in [6, 6.07) is 0. The van der Waals surface area contributed by atoms with Crippen LogP contribution in [0.25, 0.3) is 0 Å². The highest BCUT2D eigenvalue weighted by molar-refractivity contribution is 6.07. The van der Waals surface area contributed by atoms with E-state index in [0.717, 1.165) is 6.42 Å². The van der Waals surface area contributed by atoms with Crippen molar-refractivity contribution in [1.82, 2.24) is 0 Å². The molecule has 1 saturated carbocycles. The zero-order valence-corrected chi connectivity index (χ0v) is 9.88. The number of esters is 1. The average Bonchev–Trinajstić information content (AvgIpc) is 2.58.